The third-order valence-corrected chi connectivity index (χ3v) is 5.03. The van der Waals surface area contributed by atoms with E-state index < -0.39 is 5.54 Å². The van der Waals surface area contributed by atoms with Crippen LogP contribution in [0.4, 0.5) is 0 Å². The SMILES string of the molecule is Cc1ccc(C(=O)N2CCN(C(C)(C)C(N)=NO)CC2)s1. The van der Waals surface area contributed by atoms with Gasteiger partial charge < -0.3 is 15.8 Å². The molecule has 0 atom stereocenters. The van der Waals surface area contributed by atoms with Gasteiger partial charge in [-0.2, -0.15) is 0 Å². The zero-order valence-corrected chi connectivity index (χ0v) is 13.5. The van der Waals surface area contributed by atoms with Gasteiger partial charge in [0.05, 0.1) is 10.4 Å². The maximum Gasteiger partial charge on any atom is 0.264 e. The van der Waals surface area contributed by atoms with Crippen LogP contribution in [0.15, 0.2) is 17.3 Å². The number of aryl methyl sites for hydroxylation is 1. The fourth-order valence-corrected chi connectivity index (χ4v) is 3.29. The molecule has 0 unspecified atom stereocenters. The van der Waals surface area contributed by atoms with E-state index in [1.54, 1.807) is 0 Å². The number of nitrogens with two attached hydrogens (primary N) is 1. The average Bonchev–Trinajstić information content (AvgIpc) is 2.92. The standard InChI is InChI=1S/C14H22N4O2S/c1-10-4-5-11(21-10)12(19)17-6-8-18(9-7-17)14(2,3)13(15)16-20/h4-5,20H,6-9H2,1-3H3,(H2,15,16). The molecule has 6 nitrogen and oxygen atoms in total. The highest BCUT2D eigenvalue weighted by molar-refractivity contribution is 7.13. The number of hydrogen-bond donors (Lipinski definition) is 2. The minimum absolute atomic E-state index is 0.0920. The Balaban J connectivity index is 1.99. The molecule has 7 heteroatoms. The predicted octanol–water partition coefficient (Wildman–Crippen LogP) is 1.34. The van der Waals surface area contributed by atoms with Crippen molar-refractivity contribution in [3.63, 3.8) is 0 Å². The first-order chi connectivity index (χ1) is 9.86. The van der Waals surface area contributed by atoms with Crippen molar-refractivity contribution in [1.29, 1.82) is 0 Å². The van der Waals surface area contributed by atoms with Crippen molar-refractivity contribution < 1.29 is 10.0 Å². The predicted molar refractivity (Wildman–Crippen MR) is 84.0 cm³/mol. The van der Waals surface area contributed by atoms with Gasteiger partial charge in [0.15, 0.2) is 5.84 Å². The summed E-state index contributed by atoms with van der Waals surface area (Å²) in [4.78, 5) is 18.3. The number of thiophene rings is 1. The summed E-state index contributed by atoms with van der Waals surface area (Å²) < 4.78 is 0. The van der Waals surface area contributed by atoms with Crippen molar-refractivity contribution in [1.82, 2.24) is 9.80 Å². The first-order valence-corrected chi connectivity index (χ1v) is 7.76. The van der Waals surface area contributed by atoms with Crippen LogP contribution >= 0.6 is 11.3 Å². The van der Waals surface area contributed by atoms with Gasteiger partial charge in [-0.05, 0) is 32.9 Å². The normalized spacial score (nSPS) is 18.0. The second-order valence-corrected chi connectivity index (χ2v) is 7.02. The maximum absolute atomic E-state index is 12.4. The molecule has 0 radical (unpaired) electrons. The largest absolute Gasteiger partial charge is 0.409 e. The molecule has 0 saturated carbocycles. The van der Waals surface area contributed by atoms with Crippen LogP contribution in [0, 0.1) is 6.92 Å². The Kier molecular flexibility index (Phi) is 4.53. The molecule has 0 aromatic carbocycles. The van der Waals surface area contributed by atoms with E-state index in [-0.39, 0.29) is 11.7 Å². The molecule has 3 N–H and O–H groups in total. The van der Waals surface area contributed by atoms with Gasteiger partial charge in [-0.25, -0.2) is 0 Å². The summed E-state index contributed by atoms with van der Waals surface area (Å²) in [6.45, 7) is 8.55. The lowest BCUT2D eigenvalue weighted by atomic mass is 10.0. The molecule has 1 aliphatic heterocycles. The Morgan fingerprint density at radius 2 is 1.95 bits per heavy atom. The second-order valence-electron chi connectivity index (χ2n) is 5.73. The Morgan fingerprint density at radius 1 is 1.33 bits per heavy atom. The molecular weight excluding hydrogens is 288 g/mol. The van der Waals surface area contributed by atoms with E-state index in [9.17, 15) is 4.79 Å². The van der Waals surface area contributed by atoms with Crippen LogP contribution in [0.3, 0.4) is 0 Å². The third kappa shape index (κ3) is 3.19. The number of hydrogen-bond acceptors (Lipinski definition) is 5. The van der Waals surface area contributed by atoms with Crippen molar-refractivity contribution >= 4 is 23.1 Å². The fourth-order valence-electron chi connectivity index (χ4n) is 2.46. The van der Waals surface area contributed by atoms with E-state index in [4.69, 9.17) is 10.9 Å². The fraction of sp³-hybridized carbons (Fsp3) is 0.571. The first kappa shape index (κ1) is 15.8. The summed E-state index contributed by atoms with van der Waals surface area (Å²) in [7, 11) is 0. The number of piperazine rings is 1. The zero-order chi connectivity index (χ0) is 15.6. The third-order valence-electron chi connectivity index (χ3n) is 4.04. The van der Waals surface area contributed by atoms with Gasteiger partial charge in [0, 0.05) is 31.1 Å². The number of amidine groups is 1. The monoisotopic (exact) mass is 310 g/mol. The molecule has 1 fully saturated rings. The summed E-state index contributed by atoms with van der Waals surface area (Å²) in [5.74, 6) is 0.283. The molecule has 1 amide bonds. The first-order valence-electron chi connectivity index (χ1n) is 6.95. The van der Waals surface area contributed by atoms with Crippen molar-refractivity contribution in [3.8, 4) is 0 Å². The van der Waals surface area contributed by atoms with Crippen LogP contribution in [0.1, 0.15) is 28.4 Å². The van der Waals surface area contributed by atoms with Gasteiger partial charge in [-0.1, -0.05) is 5.16 Å². The van der Waals surface area contributed by atoms with Crippen LogP contribution in [0.25, 0.3) is 0 Å². The minimum atomic E-state index is -0.511. The van der Waals surface area contributed by atoms with Gasteiger partial charge in [-0.15, -0.1) is 11.3 Å². The molecule has 0 bridgehead atoms. The van der Waals surface area contributed by atoms with Crippen LogP contribution < -0.4 is 5.73 Å². The number of nitrogens with zero attached hydrogens (tertiary/aromatic N) is 3. The number of carbonyl (C=O) groups excluding carboxylic acids is 1. The summed E-state index contributed by atoms with van der Waals surface area (Å²) in [6.07, 6.45) is 0. The van der Waals surface area contributed by atoms with E-state index in [2.05, 4.69) is 10.1 Å². The van der Waals surface area contributed by atoms with E-state index >= 15 is 0 Å². The van der Waals surface area contributed by atoms with Gasteiger partial charge in [0.2, 0.25) is 0 Å². The Bertz CT molecular complexity index is 545. The highest BCUT2D eigenvalue weighted by atomic mass is 32.1. The summed E-state index contributed by atoms with van der Waals surface area (Å²) in [5, 5.41) is 12.0. The van der Waals surface area contributed by atoms with E-state index in [0.29, 0.717) is 26.2 Å². The Labute approximate surface area is 128 Å². The number of rotatable bonds is 3. The minimum Gasteiger partial charge on any atom is -0.409 e. The van der Waals surface area contributed by atoms with Gasteiger partial charge >= 0.3 is 0 Å². The van der Waals surface area contributed by atoms with Crippen LogP contribution in [0.5, 0.6) is 0 Å². The van der Waals surface area contributed by atoms with Gasteiger partial charge in [0.1, 0.15) is 0 Å². The highest BCUT2D eigenvalue weighted by Crippen LogP contribution is 2.21. The average molecular weight is 310 g/mol. The van der Waals surface area contributed by atoms with Crippen molar-refractivity contribution in [2.24, 2.45) is 10.9 Å². The summed E-state index contributed by atoms with van der Waals surface area (Å²) in [5.41, 5.74) is 5.24. The Morgan fingerprint density at radius 3 is 2.43 bits per heavy atom. The van der Waals surface area contributed by atoms with Crippen LogP contribution in [0.2, 0.25) is 0 Å². The molecule has 1 aliphatic rings. The van der Waals surface area contributed by atoms with Crippen LogP contribution in [-0.2, 0) is 0 Å². The summed E-state index contributed by atoms with van der Waals surface area (Å²) in [6, 6.07) is 3.85. The van der Waals surface area contributed by atoms with Crippen molar-refractivity contribution in [2.45, 2.75) is 26.3 Å². The van der Waals surface area contributed by atoms with Crippen LogP contribution in [-0.4, -0.2) is 58.5 Å². The lowest BCUT2D eigenvalue weighted by Gasteiger charge is -2.43. The number of carbonyl (C=O) groups is 1. The lowest BCUT2D eigenvalue weighted by Crippen LogP contribution is -2.60. The molecule has 0 spiro atoms. The van der Waals surface area contributed by atoms with E-state index in [0.717, 1.165) is 9.75 Å². The molecule has 1 aromatic rings. The number of amides is 1. The highest BCUT2D eigenvalue weighted by Gasteiger charge is 2.34. The second kappa shape index (κ2) is 6.03. The molecule has 2 heterocycles. The Hall–Kier alpha value is -1.60. The topological polar surface area (TPSA) is 82.2 Å². The molecule has 1 aromatic heterocycles. The molecule has 1 saturated heterocycles. The molecule has 21 heavy (non-hydrogen) atoms. The molecule has 2 rings (SSSR count). The van der Waals surface area contributed by atoms with E-state index in [1.165, 1.54) is 11.3 Å². The number of oxime groups is 1. The smallest absolute Gasteiger partial charge is 0.264 e. The van der Waals surface area contributed by atoms with E-state index in [1.807, 2.05) is 37.8 Å². The molecule has 116 valence electrons. The zero-order valence-electron chi connectivity index (χ0n) is 12.7. The molecular formula is C14H22N4O2S. The molecule has 0 aliphatic carbocycles. The maximum atomic E-state index is 12.4. The summed E-state index contributed by atoms with van der Waals surface area (Å²) >= 11 is 1.53. The van der Waals surface area contributed by atoms with Crippen molar-refractivity contribution in [3.05, 3.63) is 21.9 Å². The van der Waals surface area contributed by atoms with Gasteiger partial charge in [-0.3, -0.25) is 9.69 Å². The van der Waals surface area contributed by atoms with Crippen molar-refractivity contribution in [2.75, 3.05) is 26.2 Å². The lowest BCUT2D eigenvalue weighted by molar-refractivity contribution is 0.0536. The van der Waals surface area contributed by atoms with Gasteiger partial charge in [0.25, 0.3) is 5.91 Å². The quantitative estimate of drug-likeness (QED) is 0.382.